The molecule has 158 valence electrons. The molecule has 4 aliphatic heterocycles. The molecule has 4 aliphatic rings. The summed E-state index contributed by atoms with van der Waals surface area (Å²) in [7, 11) is 3.35. The van der Waals surface area contributed by atoms with E-state index in [1.54, 1.807) is 28.9 Å². The number of carbonyl (C=O) groups is 3. The minimum absolute atomic E-state index is 0.0592. The van der Waals surface area contributed by atoms with Crippen LogP contribution in [-0.4, -0.2) is 84.5 Å². The quantitative estimate of drug-likeness (QED) is 0.665. The summed E-state index contributed by atoms with van der Waals surface area (Å²) in [6.45, 7) is 1.90. The van der Waals surface area contributed by atoms with E-state index >= 15 is 0 Å². The van der Waals surface area contributed by atoms with E-state index in [1.165, 1.54) is 0 Å². The number of ether oxygens (including phenoxy) is 2. The molecule has 0 radical (unpaired) electrons. The molecule has 3 saturated heterocycles. The third-order valence-electron chi connectivity index (χ3n) is 6.74. The number of nitrogens with zero attached hydrogens (tertiary/aromatic N) is 3. The fourth-order valence-corrected chi connectivity index (χ4v) is 5.14. The third kappa shape index (κ3) is 2.81. The average molecular weight is 411 g/mol. The molecule has 1 spiro atoms. The van der Waals surface area contributed by atoms with E-state index in [0.717, 1.165) is 11.3 Å². The lowest BCUT2D eigenvalue weighted by molar-refractivity contribution is -0.149. The Kier molecular flexibility index (Phi) is 4.36. The molecule has 2 bridgehead atoms. The summed E-state index contributed by atoms with van der Waals surface area (Å²) in [6, 6.07) is 7.62. The van der Waals surface area contributed by atoms with E-state index < -0.39 is 23.5 Å². The largest absolute Gasteiger partial charge is 0.497 e. The van der Waals surface area contributed by atoms with Crippen molar-refractivity contribution in [3.05, 3.63) is 42.0 Å². The van der Waals surface area contributed by atoms with Crippen LogP contribution in [0.25, 0.3) is 0 Å². The molecule has 1 aromatic rings. The highest BCUT2D eigenvalue weighted by atomic mass is 16.5. The van der Waals surface area contributed by atoms with Crippen molar-refractivity contribution in [2.45, 2.75) is 18.2 Å². The van der Waals surface area contributed by atoms with Gasteiger partial charge >= 0.3 is 0 Å². The zero-order chi connectivity index (χ0) is 21.0. The monoisotopic (exact) mass is 411 g/mol. The Hall–Kier alpha value is -2.87. The van der Waals surface area contributed by atoms with E-state index in [9.17, 15) is 14.4 Å². The third-order valence-corrected chi connectivity index (χ3v) is 6.74. The first-order valence-electron chi connectivity index (χ1n) is 10.2. The average Bonchev–Trinajstić information content (AvgIpc) is 3.38. The molecule has 3 fully saturated rings. The molecule has 0 unspecified atom stereocenters. The number of methoxy groups -OCH3 is 1. The summed E-state index contributed by atoms with van der Waals surface area (Å²) in [6.07, 6.45) is 3.45. The van der Waals surface area contributed by atoms with Crippen LogP contribution in [0, 0.1) is 11.8 Å². The van der Waals surface area contributed by atoms with Gasteiger partial charge in [-0.25, -0.2) is 0 Å². The second kappa shape index (κ2) is 6.84. The Morgan fingerprint density at radius 3 is 2.90 bits per heavy atom. The highest BCUT2D eigenvalue weighted by molar-refractivity contribution is 5.94. The Labute approximate surface area is 175 Å². The van der Waals surface area contributed by atoms with Crippen LogP contribution in [0.4, 0.5) is 0 Å². The molecule has 8 heteroatoms. The number of hydrogen-bond acceptors (Lipinski definition) is 5. The summed E-state index contributed by atoms with van der Waals surface area (Å²) in [5.41, 5.74) is 0.211. The SMILES string of the molecule is COc1cccc(CN2C[C@]34C=C[C@H](O3)[C@H](C(=O)N3CCN(C)C(=O)C3)[C@H]4C2=O)c1. The van der Waals surface area contributed by atoms with E-state index in [2.05, 4.69) is 0 Å². The predicted molar refractivity (Wildman–Crippen MR) is 106 cm³/mol. The number of piperazine rings is 1. The summed E-state index contributed by atoms with van der Waals surface area (Å²) >= 11 is 0. The highest BCUT2D eigenvalue weighted by Gasteiger charge is 2.67. The Morgan fingerprint density at radius 1 is 1.30 bits per heavy atom. The molecule has 0 saturated carbocycles. The number of carbonyl (C=O) groups excluding carboxylic acids is 3. The number of amides is 3. The maximum atomic E-state index is 13.4. The normalized spacial score (nSPS) is 32.2. The number of benzene rings is 1. The van der Waals surface area contributed by atoms with E-state index in [0.29, 0.717) is 26.2 Å². The highest BCUT2D eigenvalue weighted by Crippen LogP contribution is 2.52. The van der Waals surface area contributed by atoms with Crippen molar-refractivity contribution in [3.8, 4) is 5.75 Å². The lowest BCUT2D eigenvalue weighted by Gasteiger charge is -2.35. The predicted octanol–water partition coefficient (Wildman–Crippen LogP) is 0.278. The van der Waals surface area contributed by atoms with Gasteiger partial charge in [0.1, 0.15) is 11.4 Å². The molecule has 8 nitrogen and oxygen atoms in total. The minimum Gasteiger partial charge on any atom is -0.497 e. The first-order chi connectivity index (χ1) is 14.4. The van der Waals surface area contributed by atoms with Gasteiger partial charge in [-0.05, 0) is 17.7 Å². The molecule has 0 aliphatic carbocycles. The van der Waals surface area contributed by atoms with Gasteiger partial charge in [-0.1, -0.05) is 24.3 Å². The van der Waals surface area contributed by atoms with E-state index in [1.807, 2.05) is 36.4 Å². The molecule has 4 heterocycles. The first kappa shape index (κ1) is 19.1. The first-order valence-corrected chi connectivity index (χ1v) is 10.2. The number of likely N-dealkylation sites (tertiary alicyclic amines) is 1. The summed E-state index contributed by atoms with van der Waals surface area (Å²) in [4.78, 5) is 43.8. The van der Waals surface area contributed by atoms with Crippen molar-refractivity contribution in [1.29, 1.82) is 0 Å². The van der Waals surface area contributed by atoms with Gasteiger partial charge in [0.15, 0.2) is 0 Å². The van der Waals surface area contributed by atoms with Crippen LogP contribution in [0.5, 0.6) is 5.75 Å². The van der Waals surface area contributed by atoms with Gasteiger partial charge in [0.2, 0.25) is 17.7 Å². The standard InChI is InChI=1S/C22H25N3O5/c1-23-8-9-24(12-17(23)26)20(27)18-16-6-7-22(30-16)13-25(21(28)19(18)22)11-14-4-3-5-15(10-14)29-2/h3-7,10,16,18-19H,8-9,11-13H2,1-2H3/t16-,18-,19-,22-/m0/s1. The number of hydrogen-bond donors (Lipinski definition) is 0. The van der Waals surface area contributed by atoms with Gasteiger partial charge in [-0.2, -0.15) is 0 Å². The Morgan fingerprint density at radius 2 is 2.13 bits per heavy atom. The molecular weight excluding hydrogens is 386 g/mol. The summed E-state index contributed by atoms with van der Waals surface area (Å²) in [5.74, 6) is -0.684. The summed E-state index contributed by atoms with van der Waals surface area (Å²) in [5, 5.41) is 0. The molecule has 4 atom stereocenters. The minimum atomic E-state index is -0.752. The van der Waals surface area contributed by atoms with Crippen molar-refractivity contribution in [3.63, 3.8) is 0 Å². The number of likely N-dealkylation sites (N-methyl/N-ethyl adjacent to an activating group) is 1. The number of fused-ring (bicyclic) bond motifs is 1. The Bertz CT molecular complexity index is 946. The lowest BCUT2D eigenvalue weighted by Crippen LogP contribution is -2.54. The molecule has 30 heavy (non-hydrogen) atoms. The van der Waals surface area contributed by atoms with Gasteiger partial charge in [-0.15, -0.1) is 0 Å². The van der Waals surface area contributed by atoms with Crippen LogP contribution >= 0.6 is 0 Å². The van der Waals surface area contributed by atoms with Gasteiger partial charge in [0.05, 0.1) is 38.1 Å². The number of rotatable bonds is 4. The van der Waals surface area contributed by atoms with Crippen LogP contribution < -0.4 is 4.74 Å². The molecular formula is C22H25N3O5. The zero-order valence-electron chi connectivity index (χ0n) is 17.1. The van der Waals surface area contributed by atoms with Gasteiger partial charge in [0, 0.05) is 26.7 Å². The van der Waals surface area contributed by atoms with Crippen molar-refractivity contribution in [2.24, 2.45) is 11.8 Å². The fourth-order valence-electron chi connectivity index (χ4n) is 5.14. The maximum Gasteiger partial charge on any atom is 0.241 e. The van der Waals surface area contributed by atoms with Crippen LogP contribution in [0.3, 0.4) is 0 Å². The van der Waals surface area contributed by atoms with Crippen molar-refractivity contribution < 1.29 is 23.9 Å². The van der Waals surface area contributed by atoms with Crippen molar-refractivity contribution in [1.82, 2.24) is 14.7 Å². The van der Waals surface area contributed by atoms with Crippen LogP contribution in [-0.2, 0) is 25.7 Å². The molecule has 0 aromatic heterocycles. The fraction of sp³-hybridized carbons (Fsp3) is 0.500. The zero-order valence-corrected chi connectivity index (χ0v) is 17.1. The lowest BCUT2D eigenvalue weighted by atomic mass is 9.76. The van der Waals surface area contributed by atoms with Crippen LogP contribution in [0.2, 0.25) is 0 Å². The van der Waals surface area contributed by atoms with E-state index in [-0.39, 0.29) is 24.3 Å². The van der Waals surface area contributed by atoms with Crippen LogP contribution in [0.1, 0.15) is 5.56 Å². The second-order valence-electron chi connectivity index (χ2n) is 8.52. The topological polar surface area (TPSA) is 79.4 Å². The molecule has 0 N–H and O–H groups in total. The summed E-state index contributed by atoms with van der Waals surface area (Å²) < 4.78 is 11.5. The van der Waals surface area contributed by atoms with Gasteiger partial charge in [-0.3, -0.25) is 14.4 Å². The molecule has 3 amide bonds. The van der Waals surface area contributed by atoms with Gasteiger partial charge < -0.3 is 24.2 Å². The van der Waals surface area contributed by atoms with Gasteiger partial charge in [0.25, 0.3) is 0 Å². The maximum absolute atomic E-state index is 13.4. The van der Waals surface area contributed by atoms with Crippen molar-refractivity contribution in [2.75, 3.05) is 40.3 Å². The smallest absolute Gasteiger partial charge is 0.241 e. The second-order valence-corrected chi connectivity index (χ2v) is 8.52. The molecule has 5 rings (SSSR count). The Balaban J connectivity index is 1.37. The molecule has 1 aromatic carbocycles. The van der Waals surface area contributed by atoms with Crippen molar-refractivity contribution >= 4 is 17.7 Å². The van der Waals surface area contributed by atoms with Crippen LogP contribution in [0.15, 0.2) is 36.4 Å². The van der Waals surface area contributed by atoms with E-state index in [4.69, 9.17) is 9.47 Å².